The molecule has 118 valence electrons. The Hall–Kier alpha value is -3.13. The highest BCUT2D eigenvalue weighted by atomic mass is 16.3. The summed E-state index contributed by atoms with van der Waals surface area (Å²) < 4.78 is 0. The number of benzene rings is 3. The summed E-state index contributed by atoms with van der Waals surface area (Å²) in [6.45, 7) is 0. The molecule has 0 saturated carbocycles. The first kappa shape index (κ1) is 15.8. The lowest BCUT2D eigenvalue weighted by atomic mass is 9.95. The van der Waals surface area contributed by atoms with Crippen molar-refractivity contribution < 1.29 is 9.90 Å². The van der Waals surface area contributed by atoms with E-state index in [1.807, 2.05) is 66.7 Å². The maximum atomic E-state index is 12.4. The van der Waals surface area contributed by atoms with Crippen LogP contribution in [0.5, 0.6) is 5.75 Å². The molecular formula is C22H18O2. The van der Waals surface area contributed by atoms with E-state index in [1.54, 1.807) is 18.2 Å². The Bertz CT molecular complexity index is 808. The van der Waals surface area contributed by atoms with E-state index in [2.05, 4.69) is 0 Å². The van der Waals surface area contributed by atoms with Crippen molar-refractivity contribution in [3.05, 3.63) is 108 Å². The zero-order chi connectivity index (χ0) is 16.8. The summed E-state index contributed by atoms with van der Waals surface area (Å²) in [5.74, 6) is -0.0747. The van der Waals surface area contributed by atoms with Crippen LogP contribution in [0, 0.1) is 0 Å². The van der Waals surface area contributed by atoms with E-state index in [0.29, 0.717) is 5.56 Å². The average molecular weight is 314 g/mol. The third kappa shape index (κ3) is 3.61. The van der Waals surface area contributed by atoms with Gasteiger partial charge in [-0.15, -0.1) is 0 Å². The van der Waals surface area contributed by atoms with Crippen molar-refractivity contribution in [1.29, 1.82) is 0 Å². The first-order valence-electron chi connectivity index (χ1n) is 7.88. The fraction of sp³-hybridized carbons (Fsp3) is 0.0455. The third-order valence-electron chi connectivity index (χ3n) is 3.87. The van der Waals surface area contributed by atoms with Gasteiger partial charge >= 0.3 is 0 Å². The van der Waals surface area contributed by atoms with Crippen LogP contribution in [0.2, 0.25) is 0 Å². The number of hydrogen-bond acceptors (Lipinski definition) is 2. The zero-order valence-corrected chi connectivity index (χ0v) is 13.2. The van der Waals surface area contributed by atoms with Crippen LogP contribution in [0.15, 0.2) is 91.0 Å². The van der Waals surface area contributed by atoms with Gasteiger partial charge in [0.25, 0.3) is 0 Å². The molecule has 0 spiro atoms. The molecule has 0 bridgehead atoms. The smallest absolute Gasteiger partial charge is 0.170 e. The molecule has 0 saturated heterocycles. The minimum absolute atomic E-state index is 0.0249. The van der Waals surface area contributed by atoms with Crippen molar-refractivity contribution in [2.24, 2.45) is 0 Å². The van der Waals surface area contributed by atoms with E-state index in [0.717, 1.165) is 16.7 Å². The van der Waals surface area contributed by atoms with E-state index < -0.39 is 0 Å². The Labute approximate surface area is 141 Å². The maximum Gasteiger partial charge on any atom is 0.170 e. The fourth-order valence-corrected chi connectivity index (χ4v) is 2.65. The number of aromatic hydroxyl groups is 1. The summed E-state index contributed by atoms with van der Waals surface area (Å²) in [6, 6.07) is 26.6. The molecule has 0 atom stereocenters. The standard InChI is InChI=1S/C22H18O2/c23-21-14-8-7-13-20(21)22(24)16-15-19(17-9-3-1-4-10-17)18-11-5-2-6-12-18/h1-15,23H,16H2. The quantitative estimate of drug-likeness (QED) is 0.665. The predicted octanol–water partition coefficient (Wildman–Crippen LogP) is 5.10. The van der Waals surface area contributed by atoms with E-state index in [9.17, 15) is 9.90 Å². The van der Waals surface area contributed by atoms with E-state index >= 15 is 0 Å². The van der Waals surface area contributed by atoms with E-state index in [1.165, 1.54) is 6.07 Å². The van der Waals surface area contributed by atoms with E-state index in [4.69, 9.17) is 0 Å². The summed E-state index contributed by atoms with van der Waals surface area (Å²) in [5.41, 5.74) is 3.50. The minimum Gasteiger partial charge on any atom is -0.507 e. The molecule has 0 radical (unpaired) electrons. The maximum absolute atomic E-state index is 12.4. The third-order valence-corrected chi connectivity index (χ3v) is 3.87. The molecule has 0 aliphatic heterocycles. The Morgan fingerprint density at radius 2 is 1.25 bits per heavy atom. The van der Waals surface area contributed by atoms with Crippen molar-refractivity contribution in [3.8, 4) is 5.75 Å². The van der Waals surface area contributed by atoms with Gasteiger partial charge in [0.05, 0.1) is 5.56 Å². The number of phenolic OH excluding ortho intramolecular Hbond substituents is 1. The van der Waals surface area contributed by atoms with Crippen molar-refractivity contribution >= 4 is 11.4 Å². The molecule has 0 aromatic heterocycles. The molecule has 24 heavy (non-hydrogen) atoms. The molecule has 3 rings (SSSR count). The largest absolute Gasteiger partial charge is 0.507 e. The minimum atomic E-state index is -0.0996. The highest BCUT2D eigenvalue weighted by Crippen LogP contribution is 2.25. The topological polar surface area (TPSA) is 37.3 Å². The van der Waals surface area contributed by atoms with Crippen LogP contribution in [0.1, 0.15) is 27.9 Å². The highest BCUT2D eigenvalue weighted by molar-refractivity contribution is 6.00. The molecule has 1 N–H and O–H groups in total. The van der Waals surface area contributed by atoms with Gasteiger partial charge in [-0.05, 0) is 28.8 Å². The number of ketones is 1. The van der Waals surface area contributed by atoms with Crippen LogP contribution in [0.4, 0.5) is 0 Å². The van der Waals surface area contributed by atoms with Crippen LogP contribution in [-0.2, 0) is 0 Å². The number of phenols is 1. The van der Waals surface area contributed by atoms with Gasteiger partial charge in [-0.2, -0.15) is 0 Å². The van der Waals surface area contributed by atoms with Crippen LogP contribution in [-0.4, -0.2) is 10.9 Å². The predicted molar refractivity (Wildman–Crippen MR) is 97.0 cm³/mol. The molecule has 0 unspecified atom stereocenters. The number of Topliss-reactive ketones (excluding diaryl/α,β-unsaturated/α-hetero) is 1. The molecule has 2 nitrogen and oxygen atoms in total. The molecular weight excluding hydrogens is 296 g/mol. The summed E-state index contributed by atoms with van der Waals surface area (Å²) in [6.07, 6.45) is 2.16. The number of hydrogen-bond donors (Lipinski definition) is 1. The SMILES string of the molecule is O=C(CC=C(c1ccccc1)c1ccccc1)c1ccccc1O. The monoisotopic (exact) mass is 314 g/mol. The van der Waals surface area contributed by atoms with Crippen molar-refractivity contribution in [1.82, 2.24) is 0 Å². The Morgan fingerprint density at radius 1 is 0.750 bits per heavy atom. The first-order chi connectivity index (χ1) is 11.8. The summed E-state index contributed by atoms with van der Waals surface area (Å²) >= 11 is 0. The van der Waals surface area contributed by atoms with Gasteiger partial charge in [-0.3, -0.25) is 4.79 Å². The molecule has 0 fully saturated rings. The number of rotatable bonds is 5. The summed E-state index contributed by atoms with van der Waals surface area (Å²) in [4.78, 5) is 12.4. The lowest BCUT2D eigenvalue weighted by Crippen LogP contribution is -1.98. The number of carbonyl (C=O) groups is 1. The molecule has 3 aromatic rings. The number of allylic oxidation sites excluding steroid dienone is 1. The Balaban J connectivity index is 1.93. The summed E-state index contributed by atoms with van der Waals surface area (Å²) in [5, 5.41) is 9.84. The Kier molecular flexibility index (Phi) is 4.87. The summed E-state index contributed by atoms with van der Waals surface area (Å²) in [7, 11) is 0. The van der Waals surface area contributed by atoms with Gasteiger partial charge in [0.1, 0.15) is 5.75 Å². The number of para-hydroxylation sites is 1. The van der Waals surface area contributed by atoms with Crippen molar-refractivity contribution in [2.75, 3.05) is 0 Å². The van der Waals surface area contributed by atoms with Crippen LogP contribution in [0.25, 0.3) is 5.57 Å². The first-order valence-corrected chi connectivity index (χ1v) is 7.88. The van der Waals surface area contributed by atoms with Gasteiger partial charge in [-0.1, -0.05) is 78.9 Å². The van der Waals surface area contributed by atoms with Crippen LogP contribution >= 0.6 is 0 Å². The van der Waals surface area contributed by atoms with E-state index in [-0.39, 0.29) is 18.0 Å². The Morgan fingerprint density at radius 3 is 1.79 bits per heavy atom. The molecule has 0 aliphatic carbocycles. The lowest BCUT2D eigenvalue weighted by Gasteiger charge is -2.09. The van der Waals surface area contributed by atoms with Crippen molar-refractivity contribution in [2.45, 2.75) is 6.42 Å². The molecule has 0 heterocycles. The van der Waals surface area contributed by atoms with Gasteiger partial charge in [0.2, 0.25) is 0 Å². The fourth-order valence-electron chi connectivity index (χ4n) is 2.65. The van der Waals surface area contributed by atoms with Gasteiger partial charge < -0.3 is 5.11 Å². The number of carbonyl (C=O) groups excluding carboxylic acids is 1. The highest BCUT2D eigenvalue weighted by Gasteiger charge is 2.10. The molecule has 0 amide bonds. The lowest BCUT2D eigenvalue weighted by molar-refractivity contribution is 0.0993. The van der Waals surface area contributed by atoms with Gasteiger partial charge in [0, 0.05) is 6.42 Å². The zero-order valence-electron chi connectivity index (χ0n) is 13.2. The molecule has 3 aromatic carbocycles. The second kappa shape index (κ2) is 7.42. The van der Waals surface area contributed by atoms with Gasteiger partial charge in [0.15, 0.2) is 5.78 Å². The van der Waals surface area contributed by atoms with Crippen LogP contribution in [0.3, 0.4) is 0 Å². The molecule has 0 aliphatic rings. The van der Waals surface area contributed by atoms with Crippen molar-refractivity contribution in [3.63, 3.8) is 0 Å². The average Bonchev–Trinajstić information content (AvgIpc) is 2.64. The second-order valence-corrected chi connectivity index (χ2v) is 5.49. The normalized spacial score (nSPS) is 10.2. The van der Waals surface area contributed by atoms with Crippen LogP contribution < -0.4 is 0 Å². The second-order valence-electron chi connectivity index (χ2n) is 5.49. The molecule has 2 heteroatoms. The van der Waals surface area contributed by atoms with Gasteiger partial charge in [-0.25, -0.2) is 0 Å².